The number of hydrogen-bond donors (Lipinski definition) is 1. The van der Waals surface area contributed by atoms with Crippen LogP contribution in [-0.2, 0) is 9.53 Å². The highest BCUT2D eigenvalue weighted by Crippen LogP contribution is 2.11. The van der Waals surface area contributed by atoms with E-state index in [1.54, 1.807) is 10.9 Å². The molecule has 0 amide bonds. The van der Waals surface area contributed by atoms with Gasteiger partial charge in [0.1, 0.15) is 11.7 Å². The summed E-state index contributed by atoms with van der Waals surface area (Å²) in [5.74, 6) is -0.537. The van der Waals surface area contributed by atoms with Crippen molar-refractivity contribution in [3.63, 3.8) is 0 Å². The van der Waals surface area contributed by atoms with Gasteiger partial charge in [0.25, 0.3) is 0 Å². The van der Waals surface area contributed by atoms with Crippen molar-refractivity contribution in [3.05, 3.63) is 42.2 Å². The summed E-state index contributed by atoms with van der Waals surface area (Å²) in [6.45, 7) is 0. The predicted octanol–water partition coefficient (Wildman–Crippen LogP) is 0.440. The number of carbonyl (C=O) groups is 1. The molecule has 1 atom stereocenters. The molecular weight excluding hydrogens is 220 g/mol. The third kappa shape index (κ3) is 2.31. The first-order valence-corrected chi connectivity index (χ1v) is 5.03. The summed E-state index contributed by atoms with van der Waals surface area (Å²) in [5, 5.41) is 7.75. The molecule has 2 aromatic rings. The molecular formula is C11H12N4O2. The Morgan fingerprint density at radius 3 is 2.76 bits per heavy atom. The molecule has 1 heterocycles. The van der Waals surface area contributed by atoms with Gasteiger partial charge in [0, 0.05) is 0 Å². The Bertz CT molecular complexity index is 509. The highest BCUT2D eigenvalue weighted by atomic mass is 16.5. The maximum atomic E-state index is 11.2. The van der Waals surface area contributed by atoms with Crippen molar-refractivity contribution in [2.75, 3.05) is 7.11 Å². The Hall–Kier alpha value is -2.21. The Balaban J connectivity index is 2.25. The van der Waals surface area contributed by atoms with Gasteiger partial charge in [-0.05, 0) is 12.1 Å². The molecule has 0 radical (unpaired) electrons. The molecule has 6 nitrogen and oxygen atoms in total. The number of ether oxygens (including phenoxy) is 1. The first kappa shape index (κ1) is 11.3. The minimum absolute atomic E-state index is 0.376. The molecule has 17 heavy (non-hydrogen) atoms. The van der Waals surface area contributed by atoms with Gasteiger partial charge in [-0.1, -0.05) is 23.4 Å². The average Bonchev–Trinajstić information content (AvgIpc) is 2.87. The van der Waals surface area contributed by atoms with Crippen LogP contribution in [-0.4, -0.2) is 28.1 Å². The van der Waals surface area contributed by atoms with Crippen molar-refractivity contribution < 1.29 is 9.53 Å². The van der Waals surface area contributed by atoms with Crippen LogP contribution in [0.1, 0.15) is 11.7 Å². The van der Waals surface area contributed by atoms with Crippen LogP contribution in [0.25, 0.3) is 5.69 Å². The molecule has 0 bridgehead atoms. The molecule has 0 saturated carbocycles. The molecule has 2 N–H and O–H groups in total. The number of nitrogens with two attached hydrogens (primary N) is 1. The highest BCUT2D eigenvalue weighted by Gasteiger charge is 2.19. The number of para-hydroxylation sites is 1. The number of esters is 1. The average molecular weight is 232 g/mol. The second-order valence-corrected chi connectivity index (χ2v) is 3.42. The topological polar surface area (TPSA) is 83.0 Å². The monoisotopic (exact) mass is 232 g/mol. The number of benzene rings is 1. The first-order chi connectivity index (χ1) is 8.22. The van der Waals surface area contributed by atoms with E-state index in [1.165, 1.54) is 7.11 Å². The molecule has 88 valence electrons. The van der Waals surface area contributed by atoms with E-state index in [4.69, 9.17) is 5.73 Å². The van der Waals surface area contributed by atoms with E-state index >= 15 is 0 Å². The summed E-state index contributed by atoms with van der Waals surface area (Å²) >= 11 is 0. The number of methoxy groups -OCH3 is 1. The Labute approximate surface area is 98.0 Å². The molecule has 0 aliphatic rings. The number of aromatic nitrogens is 3. The van der Waals surface area contributed by atoms with E-state index in [1.807, 2.05) is 30.3 Å². The maximum Gasteiger partial charge on any atom is 0.329 e. The fourth-order valence-electron chi connectivity index (χ4n) is 1.37. The molecule has 1 aromatic carbocycles. The van der Waals surface area contributed by atoms with Crippen LogP contribution in [0.3, 0.4) is 0 Å². The van der Waals surface area contributed by atoms with Crippen molar-refractivity contribution in [1.82, 2.24) is 15.0 Å². The minimum Gasteiger partial charge on any atom is -0.468 e. The van der Waals surface area contributed by atoms with E-state index in [0.29, 0.717) is 5.69 Å². The van der Waals surface area contributed by atoms with Gasteiger partial charge in [-0.2, -0.15) is 0 Å². The van der Waals surface area contributed by atoms with Crippen LogP contribution in [0.15, 0.2) is 36.5 Å². The first-order valence-electron chi connectivity index (χ1n) is 5.03. The standard InChI is InChI=1S/C11H12N4O2/c1-17-11(16)10(12)9-7-15(14-13-9)8-5-3-2-4-6-8/h2-7,10H,12H2,1H3. The molecule has 0 aliphatic carbocycles. The van der Waals surface area contributed by atoms with Crippen LogP contribution in [0.4, 0.5) is 0 Å². The van der Waals surface area contributed by atoms with Crippen LogP contribution < -0.4 is 5.73 Å². The van der Waals surface area contributed by atoms with Crippen LogP contribution in [0.5, 0.6) is 0 Å². The Morgan fingerprint density at radius 1 is 1.41 bits per heavy atom. The van der Waals surface area contributed by atoms with E-state index in [-0.39, 0.29) is 0 Å². The zero-order valence-corrected chi connectivity index (χ0v) is 9.28. The van der Waals surface area contributed by atoms with E-state index < -0.39 is 12.0 Å². The van der Waals surface area contributed by atoms with Gasteiger partial charge in [0.2, 0.25) is 0 Å². The second kappa shape index (κ2) is 4.75. The van der Waals surface area contributed by atoms with Crippen LogP contribution in [0, 0.1) is 0 Å². The van der Waals surface area contributed by atoms with Crippen molar-refractivity contribution in [2.24, 2.45) is 5.73 Å². The molecule has 1 unspecified atom stereocenters. The number of nitrogens with zero attached hydrogens (tertiary/aromatic N) is 3. The Morgan fingerprint density at radius 2 is 2.12 bits per heavy atom. The molecule has 0 fully saturated rings. The van der Waals surface area contributed by atoms with Gasteiger partial charge < -0.3 is 10.5 Å². The minimum atomic E-state index is -0.905. The third-order valence-corrected chi connectivity index (χ3v) is 2.31. The third-order valence-electron chi connectivity index (χ3n) is 2.31. The molecule has 0 aliphatic heterocycles. The number of hydrogen-bond acceptors (Lipinski definition) is 5. The van der Waals surface area contributed by atoms with Crippen molar-refractivity contribution >= 4 is 5.97 Å². The Kier molecular flexibility index (Phi) is 3.15. The summed E-state index contributed by atoms with van der Waals surface area (Å²) in [6.07, 6.45) is 1.61. The second-order valence-electron chi connectivity index (χ2n) is 3.42. The van der Waals surface area contributed by atoms with E-state index in [0.717, 1.165) is 5.69 Å². The summed E-state index contributed by atoms with van der Waals surface area (Å²) < 4.78 is 6.09. The number of carbonyl (C=O) groups excluding carboxylic acids is 1. The highest BCUT2D eigenvalue weighted by molar-refractivity contribution is 5.76. The van der Waals surface area contributed by atoms with Gasteiger partial charge in [-0.15, -0.1) is 5.10 Å². The lowest BCUT2D eigenvalue weighted by molar-refractivity contribution is -0.142. The van der Waals surface area contributed by atoms with Gasteiger partial charge in [0.05, 0.1) is 19.0 Å². The van der Waals surface area contributed by atoms with Gasteiger partial charge >= 0.3 is 5.97 Å². The fourth-order valence-corrected chi connectivity index (χ4v) is 1.37. The lowest BCUT2D eigenvalue weighted by atomic mass is 10.2. The predicted molar refractivity (Wildman–Crippen MR) is 60.3 cm³/mol. The van der Waals surface area contributed by atoms with Crippen LogP contribution >= 0.6 is 0 Å². The van der Waals surface area contributed by atoms with Crippen LogP contribution in [0.2, 0.25) is 0 Å². The normalized spacial score (nSPS) is 12.1. The number of rotatable bonds is 3. The lowest BCUT2D eigenvalue weighted by Gasteiger charge is -2.04. The quantitative estimate of drug-likeness (QED) is 0.776. The molecule has 2 rings (SSSR count). The largest absolute Gasteiger partial charge is 0.468 e. The summed E-state index contributed by atoms with van der Waals surface area (Å²) in [7, 11) is 1.28. The smallest absolute Gasteiger partial charge is 0.329 e. The SMILES string of the molecule is COC(=O)C(N)c1cn(-c2ccccc2)nn1. The molecule has 1 aromatic heterocycles. The van der Waals surface area contributed by atoms with Gasteiger partial charge in [-0.3, -0.25) is 0 Å². The van der Waals surface area contributed by atoms with Crippen molar-refractivity contribution in [3.8, 4) is 5.69 Å². The summed E-state index contributed by atoms with van der Waals surface area (Å²) in [4.78, 5) is 11.2. The molecule has 6 heteroatoms. The summed E-state index contributed by atoms with van der Waals surface area (Å²) in [6, 6.07) is 8.53. The fraction of sp³-hybridized carbons (Fsp3) is 0.182. The molecule has 0 saturated heterocycles. The molecule has 0 spiro atoms. The van der Waals surface area contributed by atoms with Crippen molar-refractivity contribution in [1.29, 1.82) is 0 Å². The zero-order chi connectivity index (χ0) is 12.3. The van der Waals surface area contributed by atoms with Gasteiger partial charge in [-0.25, -0.2) is 9.48 Å². The lowest BCUT2D eigenvalue weighted by Crippen LogP contribution is -2.22. The van der Waals surface area contributed by atoms with Crippen molar-refractivity contribution in [2.45, 2.75) is 6.04 Å². The van der Waals surface area contributed by atoms with E-state index in [2.05, 4.69) is 15.0 Å². The van der Waals surface area contributed by atoms with Gasteiger partial charge in [0.15, 0.2) is 0 Å². The van der Waals surface area contributed by atoms with E-state index in [9.17, 15) is 4.79 Å². The summed E-state index contributed by atoms with van der Waals surface area (Å²) in [5.41, 5.74) is 6.88. The maximum absolute atomic E-state index is 11.2. The zero-order valence-electron chi connectivity index (χ0n) is 9.28.